The predicted molar refractivity (Wildman–Crippen MR) is 98.1 cm³/mol. The monoisotopic (exact) mass is 339 g/mol. The quantitative estimate of drug-likeness (QED) is 0.634. The molecule has 0 bridgehead atoms. The van der Waals surface area contributed by atoms with E-state index in [1.165, 1.54) is 23.0 Å². The van der Waals surface area contributed by atoms with Gasteiger partial charge in [0, 0.05) is 18.0 Å². The molecule has 0 aliphatic carbocycles. The first kappa shape index (κ1) is 16.3. The summed E-state index contributed by atoms with van der Waals surface area (Å²) in [4.78, 5) is 4.96. The molecule has 3 aromatic rings. The summed E-state index contributed by atoms with van der Waals surface area (Å²) in [6, 6.07) is 12.9. The standard InChI is InChI=1S/C19H18FN3S/c1-13-8-9-14(2)15(10-13)11-22-23-18(12-24-19(23)21-3)16-6-4-5-7-17(16)20/h4-12H,1-3H3/b21-19?,22-11+. The molecular weight excluding hydrogens is 321 g/mol. The lowest BCUT2D eigenvalue weighted by Crippen LogP contribution is -2.12. The Labute approximate surface area is 144 Å². The van der Waals surface area contributed by atoms with Gasteiger partial charge in [-0.2, -0.15) is 5.10 Å². The molecule has 1 heterocycles. The summed E-state index contributed by atoms with van der Waals surface area (Å²) in [6.07, 6.45) is 1.80. The molecule has 0 saturated carbocycles. The van der Waals surface area contributed by atoms with Gasteiger partial charge in [0.15, 0.2) is 0 Å². The zero-order valence-electron chi connectivity index (χ0n) is 13.8. The summed E-state index contributed by atoms with van der Waals surface area (Å²) >= 11 is 1.44. The number of aromatic nitrogens is 1. The molecule has 0 aliphatic heterocycles. The first-order valence-corrected chi connectivity index (χ1v) is 8.48. The molecule has 3 rings (SSSR count). The van der Waals surface area contributed by atoms with Crippen LogP contribution in [0.25, 0.3) is 11.3 Å². The van der Waals surface area contributed by atoms with Crippen LogP contribution in [0, 0.1) is 19.7 Å². The fraction of sp³-hybridized carbons (Fsp3) is 0.158. The second-order valence-electron chi connectivity index (χ2n) is 5.52. The summed E-state index contributed by atoms with van der Waals surface area (Å²) in [6.45, 7) is 4.09. The van der Waals surface area contributed by atoms with E-state index in [2.05, 4.69) is 28.3 Å². The Morgan fingerprint density at radius 2 is 1.92 bits per heavy atom. The van der Waals surface area contributed by atoms with Gasteiger partial charge in [0.05, 0.1) is 11.9 Å². The third-order valence-corrected chi connectivity index (χ3v) is 4.68. The highest BCUT2D eigenvalue weighted by atomic mass is 32.1. The first-order chi connectivity index (χ1) is 11.6. The van der Waals surface area contributed by atoms with Crippen molar-refractivity contribution in [2.24, 2.45) is 10.1 Å². The van der Waals surface area contributed by atoms with Crippen molar-refractivity contribution >= 4 is 17.6 Å². The normalized spacial score (nSPS) is 12.2. The van der Waals surface area contributed by atoms with Crippen molar-refractivity contribution in [3.05, 3.63) is 75.2 Å². The van der Waals surface area contributed by atoms with E-state index >= 15 is 0 Å². The molecule has 0 spiro atoms. The highest BCUT2D eigenvalue weighted by molar-refractivity contribution is 7.07. The lowest BCUT2D eigenvalue weighted by molar-refractivity contribution is 0.629. The third-order valence-electron chi connectivity index (χ3n) is 3.77. The van der Waals surface area contributed by atoms with Gasteiger partial charge in [-0.25, -0.2) is 9.07 Å². The zero-order valence-corrected chi connectivity index (χ0v) is 14.6. The van der Waals surface area contributed by atoms with Crippen LogP contribution < -0.4 is 4.80 Å². The Morgan fingerprint density at radius 3 is 2.67 bits per heavy atom. The second kappa shape index (κ2) is 6.93. The van der Waals surface area contributed by atoms with E-state index in [1.807, 2.05) is 25.3 Å². The average molecular weight is 339 g/mol. The third kappa shape index (κ3) is 3.21. The molecule has 0 fully saturated rings. The minimum Gasteiger partial charge on any atom is -0.261 e. The number of rotatable bonds is 3. The van der Waals surface area contributed by atoms with E-state index in [4.69, 9.17) is 0 Å². The fourth-order valence-electron chi connectivity index (χ4n) is 2.44. The predicted octanol–water partition coefficient (Wildman–Crippen LogP) is 4.39. The van der Waals surface area contributed by atoms with Crippen LogP contribution in [0.5, 0.6) is 0 Å². The van der Waals surface area contributed by atoms with Crippen molar-refractivity contribution < 1.29 is 4.39 Å². The molecule has 0 atom stereocenters. The van der Waals surface area contributed by atoms with Gasteiger partial charge in [-0.05, 0) is 37.1 Å². The number of thiazole rings is 1. The Bertz CT molecular complexity index is 967. The van der Waals surface area contributed by atoms with Crippen LogP contribution in [0.3, 0.4) is 0 Å². The molecule has 0 aliphatic rings. The lowest BCUT2D eigenvalue weighted by atomic mass is 10.1. The molecule has 0 radical (unpaired) electrons. The summed E-state index contributed by atoms with van der Waals surface area (Å²) in [5, 5.41) is 6.44. The number of nitrogens with zero attached hydrogens (tertiary/aromatic N) is 3. The summed E-state index contributed by atoms with van der Waals surface area (Å²) in [5.74, 6) is -0.270. The summed E-state index contributed by atoms with van der Waals surface area (Å²) in [5.41, 5.74) is 4.56. The molecule has 0 saturated heterocycles. The first-order valence-electron chi connectivity index (χ1n) is 7.60. The number of hydrogen-bond acceptors (Lipinski definition) is 3. The number of aryl methyl sites for hydroxylation is 2. The van der Waals surface area contributed by atoms with Gasteiger partial charge in [-0.15, -0.1) is 11.3 Å². The van der Waals surface area contributed by atoms with Crippen molar-refractivity contribution in [3.8, 4) is 11.3 Å². The van der Waals surface area contributed by atoms with E-state index in [0.29, 0.717) is 11.3 Å². The van der Waals surface area contributed by atoms with Crippen molar-refractivity contribution in [2.45, 2.75) is 13.8 Å². The molecule has 0 N–H and O–H groups in total. The lowest BCUT2D eigenvalue weighted by Gasteiger charge is -2.05. The van der Waals surface area contributed by atoms with Crippen LogP contribution in [-0.4, -0.2) is 17.9 Å². The second-order valence-corrected chi connectivity index (χ2v) is 6.36. The van der Waals surface area contributed by atoms with Crippen molar-refractivity contribution in [1.82, 2.24) is 4.68 Å². The maximum atomic E-state index is 14.2. The van der Waals surface area contributed by atoms with E-state index in [9.17, 15) is 4.39 Å². The van der Waals surface area contributed by atoms with E-state index < -0.39 is 0 Å². The molecule has 0 amide bonds. The maximum Gasteiger partial charge on any atom is 0.205 e. The van der Waals surface area contributed by atoms with Gasteiger partial charge in [0.25, 0.3) is 0 Å². The minimum atomic E-state index is -0.270. The zero-order chi connectivity index (χ0) is 17.1. The highest BCUT2D eigenvalue weighted by Gasteiger charge is 2.11. The van der Waals surface area contributed by atoms with Crippen LogP contribution in [-0.2, 0) is 0 Å². The fourth-order valence-corrected chi connectivity index (χ4v) is 3.23. The van der Waals surface area contributed by atoms with E-state index in [1.54, 1.807) is 30.1 Å². The van der Waals surface area contributed by atoms with Crippen LogP contribution in [0.2, 0.25) is 0 Å². The van der Waals surface area contributed by atoms with Crippen LogP contribution >= 0.6 is 11.3 Å². The Kier molecular flexibility index (Phi) is 4.71. The minimum absolute atomic E-state index is 0.270. The molecule has 0 unspecified atom stereocenters. The molecular formula is C19H18FN3S. The largest absolute Gasteiger partial charge is 0.261 e. The van der Waals surface area contributed by atoms with Crippen LogP contribution in [0.1, 0.15) is 16.7 Å². The molecule has 122 valence electrons. The molecule has 24 heavy (non-hydrogen) atoms. The molecule has 3 nitrogen and oxygen atoms in total. The van der Waals surface area contributed by atoms with Gasteiger partial charge < -0.3 is 0 Å². The average Bonchev–Trinajstić information content (AvgIpc) is 2.99. The molecule has 1 aromatic heterocycles. The van der Waals surface area contributed by atoms with Gasteiger partial charge >= 0.3 is 0 Å². The van der Waals surface area contributed by atoms with E-state index in [-0.39, 0.29) is 5.82 Å². The Balaban J connectivity index is 2.11. The number of hydrogen-bond donors (Lipinski definition) is 0. The highest BCUT2D eigenvalue weighted by Crippen LogP contribution is 2.23. The summed E-state index contributed by atoms with van der Waals surface area (Å²) < 4.78 is 15.8. The topological polar surface area (TPSA) is 29.6 Å². The van der Waals surface area contributed by atoms with Gasteiger partial charge in [-0.3, -0.25) is 4.99 Å². The Hall–Kier alpha value is -2.53. The van der Waals surface area contributed by atoms with Crippen molar-refractivity contribution in [3.63, 3.8) is 0 Å². The van der Waals surface area contributed by atoms with Crippen LogP contribution in [0.15, 0.2) is 57.9 Å². The summed E-state index contributed by atoms with van der Waals surface area (Å²) in [7, 11) is 1.71. The van der Waals surface area contributed by atoms with Gasteiger partial charge in [-0.1, -0.05) is 35.9 Å². The maximum absolute atomic E-state index is 14.2. The van der Waals surface area contributed by atoms with Crippen molar-refractivity contribution in [2.75, 3.05) is 7.05 Å². The van der Waals surface area contributed by atoms with Gasteiger partial charge in [0.2, 0.25) is 4.80 Å². The van der Waals surface area contributed by atoms with Crippen LogP contribution in [0.4, 0.5) is 4.39 Å². The van der Waals surface area contributed by atoms with Crippen molar-refractivity contribution in [1.29, 1.82) is 0 Å². The SMILES string of the molecule is CN=c1scc(-c2ccccc2F)n1/N=C/c1cc(C)ccc1C. The van der Waals surface area contributed by atoms with Gasteiger partial charge in [0.1, 0.15) is 5.82 Å². The number of benzene rings is 2. The molecule has 2 aromatic carbocycles. The smallest absolute Gasteiger partial charge is 0.205 e. The number of halogens is 1. The Morgan fingerprint density at radius 1 is 1.12 bits per heavy atom. The molecule has 5 heteroatoms. The van der Waals surface area contributed by atoms with E-state index in [0.717, 1.165) is 15.9 Å².